The van der Waals surface area contributed by atoms with Crippen molar-refractivity contribution in [3.8, 4) is 0 Å². The van der Waals surface area contributed by atoms with E-state index in [1.165, 1.54) is 21.3 Å². The summed E-state index contributed by atoms with van der Waals surface area (Å²) in [5.41, 5.74) is -0.335. The number of halogens is 1. The van der Waals surface area contributed by atoms with Crippen LogP contribution >= 0.6 is 11.6 Å². The summed E-state index contributed by atoms with van der Waals surface area (Å²) in [4.78, 5) is 35.5. The minimum Gasteiger partial charge on any atom is -0.478 e. The summed E-state index contributed by atoms with van der Waals surface area (Å²) in [5.74, 6) is -4.41. The zero-order valence-corrected chi connectivity index (χ0v) is 15.5. The van der Waals surface area contributed by atoms with Crippen molar-refractivity contribution in [1.29, 1.82) is 0 Å². The minimum absolute atomic E-state index is 0.0345. The maximum absolute atomic E-state index is 12.4. The molecule has 1 aliphatic rings. The van der Waals surface area contributed by atoms with Gasteiger partial charge in [0.2, 0.25) is 11.6 Å². The highest BCUT2D eigenvalue weighted by molar-refractivity contribution is 6.47. The molecule has 1 aliphatic carbocycles. The van der Waals surface area contributed by atoms with Crippen LogP contribution in [0.2, 0.25) is 0 Å². The van der Waals surface area contributed by atoms with Crippen LogP contribution in [0.1, 0.15) is 20.3 Å². The van der Waals surface area contributed by atoms with Gasteiger partial charge in [0.1, 0.15) is 11.1 Å². The van der Waals surface area contributed by atoms with E-state index in [9.17, 15) is 14.4 Å². The van der Waals surface area contributed by atoms with Gasteiger partial charge in [-0.1, -0.05) is 25.4 Å². The fourth-order valence-electron chi connectivity index (χ4n) is 2.61. The number of ether oxygens (including phenoxy) is 3. The van der Waals surface area contributed by atoms with Crippen LogP contribution in [0.5, 0.6) is 0 Å². The van der Waals surface area contributed by atoms with Crippen LogP contribution in [0.4, 0.5) is 0 Å². The third-order valence-corrected chi connectivity index (χ3v) is 4.06. The molecule has 25 heavy (non-hydrogen) atoms. The summed E-state index contributed by atoms with van der Waals surface area (Å²) in [6, 6.07) is -0.824. The van der Waals surface area contributed by atoms with Crippen molar-refractivity contribution in [3.63, 3.8) is 0 Å². The average Bonchev–Trinajstić information content (AvgIpc) is 2.74. The predicted molar refractivity (Wildman–Crippen MR) is 88.7 cm³/mol. The van der Waals surface area contributed by atoms with Crippen LogP contribution < -0.4 is 5.32 Å². The number of ketones is 1. The first-order chi connectivity index (χ1) is 11.6. The molecule has 0 radical (unpaired) electrons. The first kappa shape index (κ1) is 21.1. The molecule has 0 spiro atoms. The van der Waals surface area contributed by atoms with E-state index in [4.69, 9.17) is 30.9 Å². The van der Waals surface area contributed by atoms with Gasteiger partial charge >= 0.3 is 11.9 Å². The summed E-state index contributed by atoms with van der Waals surface area (Å²) >= 11 is 6.10. The third kappa shape index (κ3) is 4.20. The van der Waals surface area contributed by atoms with Crippen LogP contribution in [0.3, 0.4) is 0 Å². The molecule has 0 aromatic heterocycles. The third-order valence-electron chi connectivity index (χ3n) is 3.70. The van der Waals surface area contributed by atoms with E-state index in [1.54, 1.807) is 0 Å². The standard InChI is InChI=1S/C16H22ClNO7/c1-8(2)6-10(15(22)23-3)18-14-12(17)13(21)9(7-11(19)20)16(14,24-4)25-5/h7-8,10,18H,6H2,1-5H3,(H,19,20)/b9-7+. The van der Waals surface area contributed by atoms with Crippen LogP contribution in [-0.4, -0.2) is 56.0 Å². The molecule has 0 amide bonds. The number of nitrogens with one attached hydrogen (secondary N) is 1. The average molecular weight is 376 g/mol. The van der Waals surface area contributed by atoms with E-state index in [2.05, 4.69) is 5.32 Å². The zero-order chi connectivity index (χ0) is 19.4. The second-order valence-electron chi connectivity index (χ2n) is 5.79. The summed E-state index contributed by atoms with van der Waals surface area (Å²) in [7, 11) is 3.71. The Bertz CT molecular complexity index is 620. The first-order valence-electron chi connectivity index (χ1n) is 7.49. The first-order valence-corrected chi connectivity index (χ1v) is 7.87. The molecule has 0 bridgehead atoms. The Morgan fingerprint density at radius 3 is 2.24 bits per heavy atom. The van der Waals surface area contributed by atoms with E-state index in [1.807, 2.05) is 13.8 Å². The van der Waals surface area contributed by atoms with Crippen molar-refractivity contribution in [2.75, 3.05) is 21.3 Å². The molecule has 140 valence electrons. The molecule has 0 fully saturated rings. The normalized spacial score (nSPS) is 19.5. The Kier molecular flexibility index (Phi) is 7.16. The molecule has 0 aromatic rings. The smallest absolute Gasteiger partial charge is 0.328 e. The quantitative estimate of drug-likeness (QED) is 0.370. The number of methoxy groups -OCH3 is 3. The number of hydrogen-bond acceptors (Lipinski definition) is 7. The lowest BCUT2D eigenvalue weighted by Crippen LogP contribution is -2.47. The summed E-state index contributed by atoms with van der Waals surface area (Å²) in [5, 5.41) is 11.6. The van der Waals surface area contributed by atoms with Crippen LogP contribution in [-0.2, 0) is 28.6 Å². The summed E-state index contributed by atoms with van der Waals surface area (Å²) in [6.07, 6.45) is 1.05. The number of aliphatic carboxylic acids is 1. The fraction of sp³-hybridized carbons (Fsp3) is 0.562. The molecule has 0 saturated carbocycles. The van der Waals surface area contributed by atoms with Gasteiger partial charge in [0.15, 0.2) is 0 Å². The molecule has 9 heteroatoms. The molecule has 0 aromatic carbocycles. The van der Waals surface area contributed by atoms with Gasteiger partial charge in [0.25, 0.3) is 0 Å². The number of allylic oxidation sites excluding steroid dienone is 1. The lowest BCUT2D eigenvalue weighted by molar-refractivity contribution is -0.157. The molecule has 1 rings (SSSR count). The highest BCUT2D eigenvalue weighted by Gasteiger charge is 2.52. The number of carbonyl (C=O) groups excluding carboxylic acids is 2. The topological polar surface area (TPSA) is 111 Å². The van der Waals surface area contributed by atoms with Gasteiger partial charge in [-0.25, -0.2) is 9.59 Å². The van der Waals surface area contributed by atoms with Crippen molar-refractivity contribution < 1.29 is 33.7 Å². The van der Waals surface area contributed by atoms with Crippen LogP contribution in [0.15, 0.2) is 22.4 Å². The number of carboxylic acid groups (broad SMARTS) is 1. The number of esters is 1. The highest BCUT2D eigenvalue weighted by Crippen LogP contribution is 2.41. The molecule has 0 saturated heterocycles. The van der Waals surface area contributed by atoms with Gasteiger partial charge < -0.3 is 24.6 Å². The molecule has 1 atom stereocenters. The Morgan fingerprint density at radius 2 is 1.84 bits per heavy atom. The number of hydrogen-bond donors (Lipinski definition) is 2. The number of carbonyl (C=O) groups is 3. The fourth-order valence-corrected chi connectivity index (χ4v) is 2.89. The van der Waals surface area contributed by atoms with Gasteiger partial charge in [-0.05, 0) is 12.3 Å². The molecular formula is C16H22ClNO7. The van der Waals surface area contributed by atoms with E-state index in [0.717, 1.165) is 0 Å². The predicted octanol–water partition coefficient (Wildman–Crippen LogP) is 1.20. The van der Waals surface area contributed by atoms with Gasteiger partial charge in [-0.2, -0.15) is 0 Å². The molecule has 0 heterocycles. The highest BCUT2D eigenvalue weighted by atomic mass is 35.5. The van der Waals surface area contributed by atoms with Gasteiger partial charge in [0, 0.05) is 20.3 Å². The summed E-state index contributed by atoms with van der Waals surface area (Å²) < 4.78 is 15.4. The van der Waals surface area contributed by atoms with Gasteiger partial charge in [-0.15, -0.1) is 0 Å². The number of carboxylic acids is 1. The zero-order valence-electron chi connectivity index (χ0n) is 14.7. The van der Waals surface area contributed by atoms with Crippen molar-refractivity contribution in [1.82, 2.24) is 5.32 Å². The van der Waals surface area contributed by atoms with Crippen molar-refractivity contribution in [3.05, 3.63) is 22.4 Å². The monoisotopic (exact) mass is 375 g/mol. The number of Topliss-reactive ketones (excluding diaryl/α,β-unsaturated/α-hetero) is 1. The van der Waals surface area contributed by atoms with Gasteiger partial charge in [-0.3, -0.25) is 4.79 Å². The van der Waals surface area contributed by atoms with Gasteiger partial charge in [0.05, 0.1) is 18.4 Å². The largest absolute Gasteiger partial charge is 0.478 e. The maximum Gasteiger partial charge on any atom is 0.328 e. The molecule has 8 nitrogen and oxygen atoms in total. The van der Waals surface area contributed by atoms with Crippen LogP contribution in [0, 0.1) is 5.92 Å². The van der Waals surface area contributed by atoms with Crippen molar-refractivity contribution in [2.45, 2.75) is 32.1 Å². The molecule has 0 aliphatic heterocycles. The van der Waals surface area contributed by atoms with E-state index in [-0.39, 0.29) is 22.2 Å². The van der Waals surface area contributed by atoms with Crippen LogP contribution in [0.25, 0.3) is 0 Å². The Hall–Kier alpha value is -1.90. The lowest BCUT2D eigenvalue weighted by atomic mass is 10.0. The van der Waals surface area contributed by atoms with E-state index >= 15 is 0 Å². The molecular weight excluding hydrogens is 354 g/mol. The van der Waals surface area contributed by atoms with E-state index < -0.39 is 29.6 Å². The number of rotatable bonds is 8. The Labute approximate surface area is 150 Å². The second-order valence-corrected chi connectivity index (χ2v) is 6.17. The second kappa shape index (κ2) is 8.46. The lowest BCUT2D eigenvalue weighted by Gasteiger charge is -2.32. The SMILES string of the molecule is COC(=O)C(CC(C)C)NC1=C(Cl)C(=O)/C(=C\C(=O)O)C1(OC)OC. The molecule has 2 N–H and O–H groups in total. The molecule has 1 unspecified atom stereocenters. The van der Waals surface area contributed by atoms with Crippen molar-refractivity contribution in [2.24, 2.45) is 5.92 Å². The van der Waals surface area contributed by atoms with Crippen molar-refractivity contribution >= 4 is 29.3 Å². The maximum atomic E-state index is 12.4. The van der Waals surface area contributed by atoms with E-state index in [0.29, 0.717) is 12.5 Å². The Morgan fingerprint density at radius 1 is 1.28 bits per heavy atom. The minimum atomic E-state index is -1.85. The summed E-state index contributed by atoms with van der Waals surface area (Å²) in [6.45, 7) is 3.81. The Balaban J connectivity index is 3.40.